The molecule has 0 aromatic rings. The van der Waals surface area contributed by atoms with Crippen LogP contribution in [-0.2, 0) is 28.5 Å². The van der Waals surface area contributed by atoms with Crippen LogP contribution in [0.2, 0.25) is 0 Å². The summed E-state index contributed by atoms with van der Waals surface area (Å²) in [7, 11) is 0. The Morgan fingerprint density at radius 3 is 2.65 bits per heavy atom. The second-order valence-corrected chi connectivity index (χ2v) is 8.23. The first-order valence-corrected chi connectivity index (χ1v) is 9.00. The number of aliphatic hydroxyl groups is 2. The van der Waals surface area contributed by atoms with E-state index >= 15 is 0 Å². The number of ketones is 2. The highest BCUT2D eigenvalue weighted by Crippen LogP contribution is 2.65. The molecule has 5 aliphatic heterocycles. The summed E-state index contributed by atoms with van der Waals surface area (Å²) in [6.45, 7) is 0.555. The first kappa shape index (κ1) is 14.5. The maximum Gasteiger partial charge on any atom is 0.190 e. The van der Waals surface area contributed by atoms with Gasteiger partial charge in [-0.1, -0.05) is 0 Å². The molecule has 0 amide bonds. The summed E-state index contributed by atoms with van der Waals surface area (Å²) in [5.41, 5.74) is 0.333. The van der Waals surface area contributed by atoms with Crippen LogP contribution in [0, 0.1) is 17.3 Å². The lowest BCUT2D eigenvalue weighted by molar-refractivity contribution is -0.179. The molecule has 26 heavy (non-hydrogen) atoms. The van der Waals surface area contributed by atoms with E-state index in [1.807, 2.05) is 0 Å². The van der Waals surface area contributed by atoms with Crippen molar-refractivity contribution in [3.63, 3.8) is 0 Å². The van der Waals surface area contributed by atoms with Crippen LogP contribution < -0.4 is 0 Å². The van der Waals surface area contributed by atoms with Gasteiger partial charge in [0, 0.05) is 23.0 Å². The molecule has 2 N–H and O–H groups in total. The van der Waals surface area contributed by atoms with Crippen molar-refractivity contribution in [1.82, 2.24) is 0 Å². The predicted octanol–water partition coefficient (Wildman–Crippen LogP) is -1.75. The van der Waals surface area contributed by atoms with E-state index in [0.717, 1.165) is 0 Å². The Labute approximate surface area is 147 Å². The van der Waals surface area contributed by atoms with Crippen LogP contribution in [0.5, 0.6) is 0 Å². The van der Waals surface area contributed by atoms with Gasteiger partial charge < -0.3 is 29.2 Å². The van der Waals surface area contributed by atoms with Crippen molar-refractivity contribution in [2.75, 3.05) is 13.2 Å². The van der Waals surface area contributed by atoms with Crippen LogP contribution in [0.1, 0.15) is 0 Å². The number of Topliss-reactive ketones (excluding diaryl/α,β-unsaturated/α-hetero) is 2. The molecule has 3 aliphatic carbocycles. The van der Waals surface area contributed by atoms with Gasteiger partial charge in [-0.25, -0.2) is 0 Å². The predicted molar refractivity (Wildman–Crippen MR) is 79.6 cm³/mol. The van der Waals surface area contributed by atoms with E-state index in [9.17, 15) is 19.8 Å². The Hall–Kier alpha value is -1.58. The van der Waals surface area contributed by atoms with E-state index in [-0.39, 0.29) is 30.0 Å². The number of carbonyl (C=O) groups is 2. The Balaban J connectivity index is 1.50. The molecule has 8 heteroatoms. The lowest BCUT2D eigenvalue weighted by atomic mass is 9.47. The third-order valence-corrected chi connectivity index (χ3v) is 7.36. The minimum absolute atomic E-state index is 0.107. The molecule has 136 valence electrons. The van der Waals surface area contributed by atoms with Crippen LogP contribution in [-0.4, -0.2) is 77.7 Å². The van der Waals surface area contributed by atoms with Gasteiger partial charge in [0.05, 0.1) is 31.0 Å². The Morgan fingerprint density at radius 1 is 1.04 bits per heavy atom. The molecule has 1 saturated carbocycles. The molecule has 8 rings (SSSR count). The maximum absolute atomic E-state index is 13.4. The van der Waals surface area contributed by atoms with Gasteiger partial charge >= 0.3 is 0 Å². The van der Waals surface area contributed by atoms with Crippen LogP contribution >= 0.6 is 0 Å². The Bertz CT molecular complexity index is 859. The molecule has 4 fully saturated rings. The highest BCUT2D eigenvalue weighted by Gasteiger charge is 2.77. The molecule has 0 aromatic heterocycles. The van der Waals surface area contributed by atoms with Crippen molar-refractivity contribution in [2.24, 2.45) is 17.3 Å². The number of epoxide rings is 2. The van der Waals surface area contributed by atoms with E-state index in [2.05, 4.69) is 0 Å². The van der Waals surface area contributed by atoms with Gasteiger partial charge in [0.1, 0.15) is 36.6 Å². The lowest BCUT2D eigenvalue weighted by Gasteiger charge is -2.60. The number of hydrogen-bond donors (Lipinski definition) is 2. The van der Waals surface area contributed by atoms with Crippen LogP contribution in [0.4, 0.5) is 0 Å². The molecule has 8 nitrogen and oxygen atoms in total. The highest BCUT2D eigenvalue weighted by molar-refractivity contribution is 6.06. The summed E-state index contributed by atoms with van der Waals surface area (Å²) in [6, 6.07) is 0. The van der Waals surface area contributed by atoms with Gasteiger partial charge in [0.25, 0.3) is 0 Å². The van der Waals surface area contributed by atoms with Crippen molar-refractivity contribution in [3.05, 3.63) is 23.0 Å². The fraction of sp³-hybridized carbons (Fsp3) is 0.667. The summed E-state index contributed by atoms with van der Waals surface area (Å²) in [5.74, 6) is -0.924. The largest absolute Gasteiger partial charge is 0.501 e. The minimum atomic E-state index is -1.14. The summed E-state index contributed by atoms with van der Waals surface area (Å²) < 4.78 is 22.5. The van der Waals surface area contributed by atoms with Crippen molar-refractivity contribution in [3.8, 4) is 0 Å². The van der Waals surface area contributed by atoms with Gasteiger partial charge in [-0.3, -0.25) is 9.59 Å². The first-order valence-electron chi connectivity index (χ1n) is 9.00. The second kappa shape index (κ2) is 4.13. The molecule has 3 saturated heterocycles. The quantitative estimate of drug-likeness (QED) is 0.489. The normalized spacial score (nSPS) is 57.9. The molecule has 1 spiro atoms. The zero-order chi connectivity index (χ0) is 17.5. The summed E-state index contributed by atoms with van der Waals surface area (Å²) in [6.07, 6.45) is -3.59. The molecular formula is C18H16O8. The topological polar surface area (TPSA) is 118 Å². The smallest absolute Gasteiger partial charge is 0.190 e. The number of ether oxygens (including phenoxy) is 4. The first-order chi connectivity index (χ1) is 12.6. The van der Waals surface area contributed by atoms with Crippen LogP contribution in [0.25, 0.3) is 0 Å². The van der Waals surface area contributed by atoms with E-state index in [1.54, 1.807) is 0 Å². The van der Waals surface area contributed by atoms with Crippen molar-refractivity contribution < 1.29 is 38.7 Å². The number of fused-ring (bicyclic) bond motifs is 3. The maximum atomic E-state index is 13.4. The SMILES string of the molecule is O=C1C2=C(C(O)C3OC13)C1OCC2C2COC=C3C(O)C4OC4C(=O)C312. The lowest BCUT2D eigenvalue weighted by Crippen LogP contribution is -2.69. The van der Waals surface area contributed by atoms with Gasteiger partial charge in [-0.15, -0.1) is 0 Å². The molecule has 10 atom stereocenters. The molecule has 0 aromatic carbocycles. The monoisotopic (exact) mass is 360 g/mol. The molecule has 2 bridgehead atoms. The average Bonchev–Trinajstić information content (AvgIpc) is 3.55. The zero-order valence-corrected chi connectivity index (χ0v) is 13.5. The molecule has 0 radical (unpaired) electrons. The summed E-state index contributed by atoms with van der Waals surface area (Å²) >= 11 is 0. The fourth-order valence-electron chi connectivity index (χ4n) is 6.19. The average molecular weight is 360 g/mol. The van der Waals surface area contributed by atoms with Crippen LogP contribution in [0.15, 0.2) is 23.0 Å². The summed E-state index contributed by atoms with van der Waals surface area (Å²) in [5, 5.41) is 21.5. The molecular weight excluding hydrogens is 344 g/mol. The van der Waals surface area contributed by atoms with Gasteiger partial charge in [-0.05, 0) is 5.57 Å². The Morgan fingerprint density at radius 2 is 1.81 bits per heavy atom. The van der Waals surface area contributed by atoms with Gasteiger partial charge in [0.15, 0.2) is 11.6 Å². The van der Waals surface area contributed by atoms with E-state index < -0.39 is 48.1 Å². The number of rotatable bonds is 0. The molecule has 5 heterocycles. The highest BCUT2D eigenvalue weighted by atomic mass is 16.6. The third-order valence-electron chi connectivity index (χ3n) is 7.36. The third kappa shape index (κ3) is 1.29. The summed E-state index contributed by atoms with van der Waals surface area (Å²) in [4.78, 5) is 26.2. The molecule has 8 aliphatic rings. The molecule has 10 unspecified atom stereocenters. The van der Waals surface area contributed by atoms with Gasteiger partial charge in [0.2, 0.25) is 0 Å². The van der Waals surface area contributed by atoms with Crippen molar-refractivity contribution in [2.45, 2.75) is 42.7 Å². The van der Waals surface area contributed by atoms with E-state index in [4.69, 9.17) is 18.9 Å². The Kier molecular flexibility index (Phi) is 2.30. The number of hydrogen-bond acceptors (Lipinski definition) is 8. The number of carbonyl (C=O) groups excluding carboxylic acids is 2. The zero-order valence-electron chi connectivity index (χ0n) is 13.5. The van der Waals surface area contributed by atoms with Crippen molar-refractivity contribution >= 4 is 11.6 Å². The fourth-order valence-corrected chi connectivity index (χ4v) is 6.19. The van der Waals surface area contributed by atoms with Crippen LogP contribution in [0.3, 0.4) is 0 Å². The van der Waals surface area contributed by atoms with E-state index in [0.29, 0.717) is 23.3 Å². The van der Waals surface area contributed by atoms with Gasteiger partial charge in [-0.2, -0.15) is 0 Å². The second-order valence-electron chi connectivity index (χ2n) is 8.23. The van der Waals surface area contributed by atoms with Crippen molar-refractivity contribution in [1.29, 1.82) is 0 Å². The van der Waals surface area contributed by atoms with E-state index in [1.165, 1.54) is 6.26 Å². The minimum Gasteiger partial charge on any atom is -0.501 e. The number of aliphatic hydroxyl groups excluding tert-OH is 2. The standard InChI is InChI=1S/C18H16O8/c19-9-6-3-23-2-5-4-1-24-17(18(5,6)16(22)15-12(9)26-15)8-7(4)10(20)13-14(25-13)11(8)21/h3-5,9,11-15,17,19,21H,1-2H2.